The van der Waals surface area contributed by atoms with Gasteiger partial charge in [-0.3, -0.25) is 14.7 Å². The van der Waals surface area contributed by atoms with Gasteiger partial charge in [0.15, 0.2) is 0 Å². The predicted octanol–water partition coefficient (Wildman–Crippen LogP) is 2.43. The summed E-state index contributed by atoms with van der Waals surface area (Å²) in [5.74, 6) is 0.165. The van der Waals surface area contributed by atoms with E-state index in [0.29, 0.717) is 5.82 Å². The molecule has 0 aliphatic carbocycles. The molecule has 0 unspecified atom stereocenters. The molecule has 7 nitrogen and oxygen atoms in total. The van der Waals surface area contributed by atoms with Crippen LogP contribution in [0, 0.1) is 0 Å². The van der Waals surface area contributed by atoms with Gasteiger partial charge < -0.3 is 10.2 Å². The smallest absolute Gasteiger partial charge is 0.226 e. The van der Waals surface area contributed by atoms with Gasteiger partial charge in [0.2, 0.25) is 11.8 Å². The maximum absolute atomic E-state index is 12.0. The number of benzene rings is 1. The number of aromatic amines is 1. The van der Waals surface area contributed by atoms with Crippen LogP contribution in [0.3, 0.4) is 0 Å². The lowest BCUT2D eigenvalue weighted by Crippen LogP contribution is -2.23. The molecule has 0 saturated carbocycles. The molecule has 0 saturated heterocycles. The first kappa shape index (κ1) is 16.6. The fourth-order valence-electron chi connectivity index (χ4n) is 2.45. The second-order valence-electron chi connectivity index (χ2n) is 5.95. The Morgan fingerprint density at radius 3 is 2.64 bits per heavy atom. The third-order valence-electron chi connectivity index (χ3n) is 3.89. The molecule has 3 rings (SSSR count). The molecule has 0 spiro atoms. The molecule has 7 heteroatoms. The van der Waals surface area contributed by atoms with Crippen molar-refractivity contribution in [2.75, 3.05) is 19.4 Å². The summed E-state index contributed by atoms with van der Waals surface area (Å²) in [5, 5.41) is 11.4. The van der Waals surface area contributed by atoms with E-state index in [-0.39, 0.29) is 24.7 Å². The second kappa shape index (κ2) is 7.12. The first-order valence-corrected chi connectivity index (χ1v) is 7.92. The highest BCUT2D eigenvalue weighted by molar-refractivity contribution is 5.95. The van der Waals surface area contributed by atoms with Gasteiger partial charge in [-0.15, -0.1) is 0 Å². The third kappa shape index (κ3) is 4.00. The van der Waals surface area contributed by atoms with E-state index in [1.54, 1.807) is 26.5 Å². The quantitative estimate of drug-likeness (QED) is 0.748. The number of nitrogens with one attached hydrogen (secondary N) is 2. The van der Waals surface area contributed by atoms with Crippen LogP contribution in [0.4, 0.5) is 5.82 Å². The Kier molecular flexibility index (Phi) is 4.74. The van der Waals surface area contributed by atoms with Gasteiger partial charge in [0.1, 0.15) is 5.82 Å². The maximum Gasteiger partial charge on any atom is 0.226 e. The molecule has 128 valence electrons. The Hall–Kier alpha value is -3.22. The van der Waals surface area contributed by atoms with Crippen molar-refractivity contribution in [1.29, 1.82) is 0 Å². The first-order chi connectivity index (χ1) is 12.0. The van der Waals surface area contributed by atoms with Crippen molar-refractivity contribution in [3.05, 3.63) is 42.9 Å². The largest absolute Gasteiger partial charge is 0.349 e. The molecular formula is C18H19N5O2. The summed E-state index contributed by atoms with van der Waals surface area (Å²) in [5.41, 5.74) is 2.02. The molecular weight excluding hydrogens is 318 g/mol. The second-order valence-corrected chi connectivity index (χ2v) is 5.95. The van der Waals surface area contributed by atoms with Crippen molar-refractivity contribution >= 4 is 28.4 Å². The SMILES string of the molecule is CN(C)C(=O)CCC(=O)Nc1cc2cc(-c3cn[nH]c3)ccc2cn1. The number of pyridine rings is 1. The minimum atomic E-state index is -0.229. The number of carbonyl (C=O) groups excluding carboxylic acids is 2. The summed E-state index contributed by atoms with van der Waals surface area (Å²) in [7, 11) is 3.34. The minimum absolute atomic E-state index is 0.0774. The summed E-state index contributed by atoms with van der Waals surface area (Å²) in [6.07, 6.45) is 5.61. The molecule has 0 radical (unpaired) electrons. The molecule has 0 fully saturated rings. The number of nitrogens with zero attached hydrogens (tertiary/aromatic N) is 3. The maximum atomic E-state index is 12.0. The number of rotatable bonds is 5. The summed E-state index contributed by atoms with van der Waals surface area (Å²) >= 11 is 0. The van der Waals surface area contributed by atoms with Crippen LogP contribution in [0.25, 0.3) is 21.9 Å². The molecule has 0 atom stereocenters. The van der Waals surface area contributed by atoms with E-state index in [9.17, 15) is 9.59 Å². The predicted molar refractivity (Wildman–Crippen MR) is 95.9 cm³/mol. The number of amides is 2. The molecule has 0 aliphatic rings. The lowest BCUT2D eigenvalue weighted by atomic mass is 10.1. The fourth-order valence-corrected chi connectivity index (χ4v) is 2.45. The number of H-pyrrole nitrogens is 1. The van der Waals surface area contributed by atoms with Crippen molar-refractivity contribution in [2.45, 2.75) is 12.8 Å². The molecule has 3 aromatic rings. The van der Waals surface area contributed by atoms with E-state index >= 15 is 0 Å². The topological polar surface area (TPSA) is 91.0 Å². The molecule has 1 aromatic carbocycles. The molecule has 2 amide bonds. The van der Waals surface area contributed by atoms with Crippen LogP contribution in [-0.2, 0) is 9.59 Å². The average Bonchev–Trinajstić information content (AvgIpc) is 3.13. The Bertz CT molecular complexity index is 903. The van der Waals surface area contributed by atoms with Crippen LogP contribution in [0.15, 0.2) is 42.9 Å². The number of hydrogen-bond donors (Lipinski definition) is 2. The number of fused-ring (bicyclic) bond motifs is 1. The highest BCUT2D eigenvalue weighted by Crippen LogP contribution is 2.24. The first-order valence-electron chi connectivity index (χ1n) is 7.92. The zero-order chi connectivity index (χ0) is 17.8. The fraction of sp³-hybridized carbons (Fsp3) is 0.222. The molecule has 2 heterocycles. The minimum Gasteiger partial charge on any atom is -0.349 e. The van der Waals surface area contributed by atoms with Crippen molar-refractivity contribution in [2.24, 2.45) is 0 Å². The Morgan fingerprint density at radius 1 is 1.08 bits per heavy atom. The van der Waals surface area contributed by atoms with Gasteiger partial charge in [-0.1, -0.05) is 12.1 Å². The van der Waals surface area contributed by atoms with Gasteiger partial charge in [-0.05, 0) is 23.1 Å². The van der Waals surface area contributed by atoms with E-state index in [0.717, 1.165) is 21.9 Å². The van der Waals surface area contributed by atoms with Gasteiger partial charge in [0.25, 0.3) is 0 Å². The monoisotopic (exact) mass is 337 g/mol. The zero-order valence-electron chi connectivity index (χ0n) is 14.1. The van der Waals surface area contributed by atoms with E-state index in [4.69, 9.17) is 0 Å². The summed E-state index contributed by atoms with van der Waals surface area (Å²) < 4.78 is 0. The lowest BCUT2D eigenvalue weighted by molar-refractivity contribution is -0.130. The summed E-state index contributed by atoms with van der Waals surface area (Å²) in [4.78, 5) is 29.3. The molecule has 2 aromatic heterocycles. The van der Waals surface area contributed by atoms with E-state index in [1.165, 1.54) is 4.90 Å². The van der Waals surface area contributed by atoms with Gasteiger partial charge in [0.05, 0.1) is 6.20 Å². The highest BCUT2D eigenvalue weighted by atomic mass is 16.2. The van der Waals surface area contributed by atoms with Crippen molar-refractivity contribution < 1.29 is 9.59 Å². The van der Waals surface area contributed by atoms with Gasteiger partial charge in [-0.25, -0.2) is 4.98 Å². The van der Waals surface area contributed by atoms with Gasteiger partial charge in [-0.2, -0.15) is 5.10 Å². The van der Waals surface area contributed by atoms with Gasteiger partial charge >= 0.3 is 0 Å². The average molecular weight is 337 g/mol. The third-order valence-corrected chi connectivity index (χ3v) is 3.89. The van der Waals surface area contributed by atoms with Crippen LogP contribution in [-0.4, -0.2) is 46.0 Å². The van der Waals surface area contributed by atoms with Crippen LogP contribution >= 0.6 is 0 Å². The normalized spacial score (nSPS) is 10.6. The van der Waals surface area contributed by atoms with E-state index in [1.807, 2.05) is 30.5 Å². The Balaban J connectivity index is 1.74. The molecule has 0 aliphatic heterocycles. The Morgan fingerprint density at radius 2 is 1.92 bits per heavy atom. The van der Waals surface area contributed by atoms with Crippen LogP contribution in [0.2, 0.25) is 0 Å². The number of anilines is 1. The number of aromatic nitrogens is 3. The lowest BCUT2D eigenvalue weighted by Gasteiger charge is -2.10. The zero-order valence-corrected chi connectivity index (χ0v) is 14.1. The summed E-state index contributed by atoms with van der Waals surface area (Å²) in [6, 6.07) is 7.82. The van der Waals surface area contributed by atoms with Crippen LogP contribution in [0.5, 0.6) is 0 Å². The van der Waals surface area contributed by atoms with E-state index in [2.05, 4.69) is 20.5 Å². The summed E-state index contributed by atoms with van der Waals surface area (Å²) in [6.45, 7) is 0. The highest BCUT2D eigenvalue weighted by Gasteiger charge is 2.10. The number of hydrogen-bond acceptors (Lipinski definition) is 4. The van der Waals surface area contributed by atoms with Crippen LogP contribution in [0.1, 0.15) is 12.8 Å². The van der Waals surface area contributed by atoms with Crippen molar-refractivity contribution in [3.8, 4) is 11.1 Å². The van der Waals surface area contributed by atoms with Crippen molar-refractivity contribution in [1.82, 2.24) is 20.1 Å². The molecule has 25 heavy (non-hydrogen) atoms. The molecule has 2 N–H and O–H groups in total. The van der Waals surface area contributed by atoms with Crippen molar-refractivity contribution in [3.63, 3.8) is 0 Å². The number of carbonyl (C=O) groups is 2. The standard InChI is InChI=1S/C18H19N5O2/c1-23(2)18(25)6-5-17(24)22-16-8-14-7-12(15-10-20-21-11-15)3-4-13(14)9-19-16/h3-4,7-11H,5-6H2,1-2H3,(H,20,21)(H,19,22,24). The van der Waals surface area contributed by atoms with Crippen LogP contribution < -0.4 is 5.32 Å². The van der Waals surface area contributed by atoms with E-state index < -0.39 is 0 Å². The van der Waals surface area contributed by atoms with Gasteiger partial charge in [0, 0.05) is 50.3 Å². The molecule has 0 bridgehead atoms. The Labute approximate surface area is 145 Å².